The molecule has 0 fully saturated rings. The molecule has 0 radical (unpaired) electrons. The molecule has 0 aliphatic heterocycles. The molecule has 0 aliphatic rings. The molecule has 2 rings (SSSR count). The van der Waals surface area contributed by atoms with Crippen molar-refractivity contribution in [3.8, 4) is 5.75 Å². The van der Waals surface area contributed by atoms with E-state index >= 15 is 0 Å². The summed E-state index contributed by atoms with van der Waals surface area (Å²) < 4.78 is 5.51. The van der Waals surface area contributed by atoms with Crippen molar-refractivity contribution < 1.29 is 9.53 Å². The van der Waals surface area contributed by atoms with Gasteiger partial charge in [0.2, 0.25) is 0 Å². The molecule has 0 bridgehead atoms. The van der Waals surface area contributed by atoms with Crippen molar-refractivity contribution in [2.45, 2.75) is 33.6 Å². The minimum Gasteiger partial charge on any atom is -0.426 e. The molecule has 0 saturated carbocycles. The number of hydrogen-bond acceptors (Lipinski definition) is 3. The number of nitrogens with two attached hydrogens (primary N) is 1. The van der Waals surface area contributed by atoms with E-state index < -0.39 is 0 Å². The summed E-state index contributed by atoms with van der Waals surface area (Å²) in [5.41, 5.74) is 10.7. The molecule has 3 nitrogen and oxygen atoms in total. The van der Waals surface area contributed by atoms with Crippen LogP contribution in [0.4, 0.5) is 5.69 Å². The largest absolute Gasteiger partial charge is 0.426 e. The van der Waals surface area contributed by atoms with Gasteiger partial charge in [0.25, 0.3) is 0 Å². The van der Waals surface area contributed by atoms with Crippen LogP contribution >= 0.6 is 0 Å². The number of carbonyl (C=O) groups excluding carboxylic acids is 1. The van der Waals surface area contributed by atoms with Gasteiger partial charge in [0.15, 0.2) is 0 Å². The number of rotatable bonds is 4. The number of hydrogen-bond donors (Lipinski definition) is 1. The Morgan fingerprint density at radius 1 is 1.10 bits per heavy atom. The summed E-state index contributed by atoms with van der Waals surface area (Å²) in [6, 6.07) is 11.6. The third-order valence-corrected chi connectivity index (χ3v) is 3.47. The van der Waals surface area contributed by atoms with Crippen LogP contribution in [-0.2, 0) is 11.2 Å². The van der Waals surface area contributed by atoms with E-state index in [9.17, 15) is 4.79 Å². The van der Waals surface area contributed by atoms with Crippen LogP contribution in [0.1, 0.15) is 28.7 Å². The number of ether oxygens (including phenoxy) is 1. The first-order valence-electron chi connectivity index (χ1n) is 7.09. The van der Waals surface area contributed by atoms with E-state index in [0.717, 1.165) is 16.7 Å². The lowest BCUT2D eigenvalue weighted by Crippen LogP contribution is -2.11. The Kier molecular flexibility index (Phi) is 4.63. The third-order valence-electron chi connectivity index (χ3n) is 3.47. The van der Waals surface area contributed by atoms with Gasteiger partial charge in [-0.05, 0) is 49.9 Å². The lowest BCUT2D eigenvalue weighted by atomic mass is 10.1. The maximum Gasteiger partial charge on any atom is 0.311 e. The first-order valence-corrected chi connectivity index (χ1v) is 7.09. The van der Waals surface area contributed by atoms with Gasteiger partial charge in [-0.2, -0.15) is 0 Å². The van der Waals surface area contributed by atoms with Crippen molar-refractivity contribution in [2.75, 3.05) is 5.73 Å². The molecular formula is C18H21NO2. The second kappa shape index (κ2) is 6.44. The second-order valence-corrected chi connectivity index (χ2v) is 5.40. The molecule has 0 saturated heterocycles. The molecule has 2 aromatic rings. The zero-order chi connectivity index (χ0) is 15.4. The topological polar surface area (TPSA) is 52.3 Å². The van der Waals surface area contributed by atoms with E-state index in [1.54, 1.807) is 0 Å². The van der Waals surface area contributed by atoms with E-state index in [1.807, 2.05) is 57.2 Å². The number of esters is 1. The number of anilines is 1. The molecule has 0 unspecified atom stereocenters. The molecule has 0 aliphatic carbocycles. The molecule has 0 atom stereocenters. The number of para-hydroxylation sites is 1. The van der Waals surface area contributed by atoms with Crippen molar-refractivity contribution in [2.24, 2.45) is 0 Å². The summed E-state index contributed by atoms with van der Waals surface area (Å²) in [6.07, 6.45) is 0.913. The minimum atomic E-state index is -0.228. The summed E-state index contributed by atoms with van der Waals surface area (Å²) in [6.45, 7) is 5.94. The van der Waals surface area contributed by atoms with Gasteiger partial charge in [0.1, 0.15) is 5.75 Å². The molecule has 21 heavy (non-hydrogen) atoms. The lowest BCUT2D eigenvalue weighted by Gasteiger charge is -2.12. The molecule has 3 heteroatoms. The summed E-state index contributed by atoms with van der Waals surface area (Å²) >= 11 is 0. The van der Waals surface area contributed by atoms with Gasteiger partial charge in [-0.3, -0.25) is 4.79 Å². The van der Waals surface area contributed by atoms with Crippen LogP contribution in [0.3, 0.4) is 0 Å². The van der Waals surface area contributed by atoms with Crippen LogP contribution in [0.5, 0.6) is 5.75 Å². The highest BCUT2D eigenvalue weighted by molar-refractivity contribution is 5.74. The van der Waals surface area contributed by atoms with E-state index in [-0.39, 0.29) is 5.97 Å². The monoisotopic (exact) mass is 283 g/mol. The van der Waals surface area contributed by atoms with Gasteiger partial charge in [-0.1, -0.05) is 35.9 Å². The lowest BCUT2D eigenvalue weighted by molar-refractivity contribution is -0.134. The summed E-state index contributed by atoms with van der Waals surface area (Å²) in [5.74, 6) is 0.444. The highest BCUT2D eigenvalue weighted by atomic mass is 16.5. The minimum absolute atomic E-state index is 0.228. The van der Waals surface area contributed by atoms with E-state index in [0.29, 0.717) is 24.3 Å². The summed E-state index contributed by atoms with van der Waals surface area (Å²) in [7, 11) is 0. The zero-order valence-corrected chi connectivity index (χ0v) is 12.8. The summed E-state index contributed by atoms with van der Waals surface area (Å²) in [5, 5.41) is 0. The average molecular weight is 283 g/mol. The molecule has 0 amide bonds. The first-order chi connectivity index (χ1) is 9.97. The Bertz CT molecular complexity index is 639. The highest BCUT2D eigenvalue weighted by Gasteiger charge is 2.11. The van der Waals surface area contributed by atoms with Gasteiger partial charge < -0.3 is 10.5 Å². The fourth-order valence-electron chi connectivity index (χ4n) is 2.49. The number of aryl methyl sites for hydroxylation is 4. The maximum absolute atomic E-state index is 12.0. The molecule has 0 heterocycles. The second-order valence-electron chi connectivity index (χ2n) is 5.40. The van der Waals surface area contributed by atoms with Crippen LogP contribution in [0.15, 0.2) is 36.4 Å². The van der Waals surface area contributed by atoms with Crippen molar-refractivity contribution in [1.29, 1.82) is 0 Å². The van der Waals surface area contributed by atoms with Gasteiger partial charge in [0.05, 0.1) is 6.42 Å². The Balaban J connectivity index is 2.01. The van der Waals surface area contributed by atoms with Crippen molar-refractivity contribution >= 4 is 11.7 Å². The number of benzene rings is 2. The molecule has 2 aromatic carbocycles. The SMILES string of the molecule is Cc1cc(C)c(OC(=O)CCc2ccccc2N)c(C)c1. The predicted octanol–water partition coefficient (Wildman–Crippen LogP) is 3.73. The smallest absolute Gasteiger partial charge is 0.311 e. The number of carbonyl (C=O) groups is 1. The standard InChI is InChI=1S/C18H21NO2/c1-12-10-13(2)18(14(3)11-12)21-17(20)9-8-15-6-4-5-7-16(15)19/h4-7,10-11H,8-9,19H2,1-3H3. The third kappa shape index (κ3) is 3.85. The maximum atomic E-state index is 12.0. The fraction of sp³-hybridized carbons (Fsp3) is 0.278. The zero-order valence-electron chi connectivity index (χ0n) is 12.8. The van der Waals surface area contributed by atoms with Crippen molar-refractivity contribution in [3.63, 3.8) is 0 Å². The first kappa shape index (κ1) is 15.1. The molecule has 2 N–H and O–H groups in total. The van der Waals surface area contributed by atoms with E-state index in [1.165, 1.54) is 5.56 Å². The highest BCUT2D eigenvalue weighted by Crippen LogP contribution is 2.25. The Morgan fingerprint density at radius 3 is 2.33 bits per heavy atom. The van der Waals surface area contributed by atoms with E-state index in [4.69, 9.17) is 10.5 Å². The van der Waals surface area contributed by atoms with Gasteiger partial charge in [-0.15, -0.1) is 0 Å². The normalized spacial score (nSPS) is 10.4. The Labute approximate surface area is 125 Å². The van der Waals surface area contributed by atoms with Gasteiger partial charge in [-0.25, -0.2) is 0 Å². The summed E-state index contributed by atoms with van der Waals surface area (Å²) in [4.78, 5) is 12.0. The van der Waals surface area contributed by atoms with E-state index in [2.05, 4.69) is 0 Å². The quantitative estimate of drug-likeness (QED) is 0.528. The molecular weight excluding hydrogens is 262 g/mol. The Hall–Kier alpha value is -2.29. The molecule has 0 spiro atoms. The van der Waals surface area contributed by atoms with Crippen molar-refractivity contribution in [3.05, 3.63) is 58.7 Å². The van der Waals surface area contributed by atoms with Crippen LogP contribution in [0, 0.1) is 20.8 Å². The van der Waals surface area contributed by atoms with Gasteiger partial charge in [0, 0.05) is 5.69 Å². The predicted molar refractivity (Wildman–Crippen MR) is 85.5 cm³/mol. The fourth-order valence-corrected chi connectivity index (χ4v) is 2.49. The van der Waals surface area contributed by atoms with Crippen molar-refractivity contribution in [1.82, 2.24) is 0 Å². The number of nitrogen functional groups attached to an aromatic ring is 1. The van der Waals surface area contributed by atoms with Crippen LogP contribution in [0.2, 0.25) is 0 Å². The Morgan fingerprint density at radius 2 is 1.71 bits per heavy atom. The van der Waals surface area contributed by atoms with Crippen LogP contribution < -0.4 is 10.5 Å². The van der Waals surface area contributed by atoms with Gasteiger partial charge >= 0.3 is 5.97 Å². The molecule has 110 valence electrons. The van der Waals surface area contributed by atoms with Crippen LogP contribution in [-0.4, -0.2) is 5.97 Å². The average Bonchev–Trinajstić information content (AvgIpc) is 2.42. The van der Waals surface area contributed by atoms with Crippen LogP contribution in [0.25, 0.3) is 0 Å². The molecule has 0 aromatic heterocycles.